The van der Waals surface area contributed by atoms with Crippen LogP contribution < -0.4 is 0 Å². The number of hydrogen-bond donors (Lipinski definition) is 0. The van der Waals surface area contributed by atoms with Gasteiger partial charge >= 0.3 is 65.6 Å². The van der Waals surface area contributed by atoms with E-state index < -0.39 is 77.5 Å². The second kappa shape index (κ2) is 9.91. The van der Waals surface area contributed by atoms with Crippen LogP contribution in [0.25, 0.3) is 0 Å². The van der Waals surface area contributed by atoms with Crippen molar-refractivity contribution in [2.75, 3.05) is 0 Å². The van der Waals surface area contributed by atoms with E-state index in [0.29, 0.717) is 0 Å². The van der Waals surface area contributed by atoms with Crippen molar-refractivity contribution in [3.8, 4) is 0 Å². The lowest BCUT2D eigenvalue weighted by Crippen LogP contribution is -2.77. The van der Waals surface area contributed by atoms with Gasteiger partial charge in [0.2, 0.25) is 6.29 Å². The predicted molar refractivity (Wildman–Crippen MR) is 82.0 cm³/mol. The van der Waals surface area contributed by atoms with Crippen LogP contribution in [0.1, 0.15) is 13.8 Å². The summed E-state index contributed by atoms with van der Waals surface area (Å²) in [5.41, 5.74) is -0.766. The lowest BCUT2D eigenvalue weighted by Gasteiger charge is -2.44. The fourth-order valence-corrected chi connectivity index (χ4v) is 2.10. The number of esters is 1. The summed E-state index contributed by atoms with van der Waals surface area (Å²) in [7, 11) is 0. The Morgan fingerprint density at radius 1 is 0.525 bits per heavy atom. The summed E-state index contributed by atoms with van der Waals surface area (Å²) in [4.78, 5) is 11.1. The Hall–Kier alpha value is -2.30. The van der Waals surface area contributed by atoms with E-state index >= 15 is 0 Å². The molecule has 0 rings (SSSR count). The van der Waals surface area contributed by atoms with E-state index in [1.54, 1.807) is 0 Å². The molecule has 40 heavy (non-hydrogen) atoms. The first-order valence-corrected chi connectivity index (χ1v) is 8.98. The molecule has 3 nitrogen and oxygen atoms in total. The van der Waals surface area contributed by atoms with Gasteiger partial charge in [0, 0.05) is 5.57 Å². The topological polar surface area (TPSA) is 35.5 Å². The van der Waals surface area contributed by atoms with Gasteiger partial charge in [0.05, 0.1) is 0 Å². The Labute approximate surface area is 205 Å². The monoisotopic (exact) mass is 648 g/mol. The van der Waals surface area contributed by atoms with Crippen LogP contribution in [0.2, 0.25) is 0 Å². The van der Waals surface area contributed by atoms with Crippen molar-refractivity contribution in [3.63, 3.8) is 0 Å². The van der Waals surface area contributed by atoms with E-state index in [-0.39, 0.29) is 6.92 Å². The van der Waals surface area contributed by atoms with Crippen LogP contribution >= 0.6 is 0 Å². The fraction of sp³-hybridized carbons (Fsp3) is 0.812. The highest BCUT2D eigenvalue weighted by atomic mass is 19.4. The molecule has 0 N–H and O–H groups in total. The quantitative estimate of drug-likeness (QED) is 0.0943. The number of rotatable bonds is 12. The average molecular weight is 648 g/mol. The maximum atomic E-state index is 13.7. The van der Waals surface area contributed by atoms with Crippen molar-refractivity contribution < 1.29 is 106 Å². The molecule has 0 heterocycles. The smallest absolute Gasteiger partial charge is 0.432 e. The third-order valence-electron chi connectivity index (χ3n) is 4.42. The number of carbonyl (C=O) groups excluding carboxylic acids is 1. The zero-order chi connectivity index (χ0) is 33.1. The molecule has 0 spiro atoms. The number of ether oxygens (including phenoxy) is 2. The van der Waals surface area contributed by atoms with Gasteiger partial charge in [-0.25, -0.2) is 4.79 Å². The molecule has 0 aliphatic carbocycles. The molecule has 0 saturated carbocycles. The molecule has 238 valence electrons. The lowest BCUT2D eigenvalue weighted by molar-refractivity contribution is -0.489. The summed E-state index contributed by atoms with van der Waals surface area (Å²) >= 11 is 0. The minimum Gasteiger partial charge on any atom is -0.432 e. The predicted octanol–water partition coefficient (Wildman–Crippen LogP) is 7.71. The van der Waals surface area contributed by atoms with E-state index in [4.69, 9.17) is 0 Å². The molecule has 0 radical (unpaired) electrons. The van der Waals surface area contributed by atoms with Crippen molar-refractivity contribution in [2.45, 2.75) is 79.8 Å². The van der Waals surface area contributed by atoms with Crippen molar-refractivity contribution in [1.29, 1.82) is 0 Å². The second-order valence-electron chi connectivity index (χ2n) is 7.48. The van der Waals surface area contributed by atoms with Gasteiger partial charge in [-0.2, -0.15) is 92.2 Å². The molecule has 0 aromatic carbocycles. The number of halogens is 21. The SMILES string of the molecule is C=C(C)C(=O)OC(C)OC(F)(F)C(F)(F)C(F)(F)C(F)(F)C(F)(F)C(F)(F)C(F)(F)C(F)(F)C(F)(F)C(F)(F)F. The van der Waals surface area contributed by atoms with Gasteiger partial charge in [-0.05, 0) is 13.8 Å². The average Bonchev–Trinajstić information content (AvgIpc) is 2.70. The first-order chi connectivity index (χ1) is 17.0. The largest absolute Gasteiger partial charge is 0.460 e. The van der Waals surface area contributed by atoms with Gasteiger partial charge in [-0.3, -0.25) is 4.74 Å². The molecule has 0 amide bonds. The molecule has 0 bridgehead atoms. The Bertz CT molecular complexity index is 963. The van der Waals surface area contributed by atoms with Gasteiger partial charge in [0.25, 0.3) is 0 Å². The number of carbonyl (C=O) groups is 1. The molecule has 0 aromatic heterocycles. The fourth-order valence-electron chi connectivity index (χ4n) is 2.10. The Morgan fingerprint density at radius 2 is 0.775 bits per heavy atom. The highest BCUT2D eigenvalue weighted by Gasteiger charge is 2.98. The Balaban J connectivity index is 6.88. The van der Waals surface area contributed by atoms with Crippen molar-refractivity contribution in [3.05, 3.63) is 12.2 Å². The summed E-state index contributed by atoms with van der Waals surface area (Å²) < 4.78 is 284. The molecule has 0 saturated heterocycles. The number of alkyl halides is 21. The molecule has 1 unspecified atom stereocenters. The highest BCUT2D eigenvalue weighted by molar-refractivity contribution is 5.86. The molecule has 0 fully saturated rings. The van der Waals surface area contributed by atoms with E-state index in [2.05, 4.69) is 16.1 Å². The van der Waals surface area contributed by atoms with Crippen LogP contribution in [0.3, 0.4) is 0 Å². The van der Waals surface area contributed by atoms with Crippen LogP contribution in [0, 0.1) is 0 Å². The molecule has 0 aromatic rings. The normalized spacial score (nSPS) is 16.6. The first-order valence-electron chi connectivity index (χ1n) is 8.98. The number of hydrogen-bond acceptors (Lipinski definition) is 3. The first kappa shape index (κ1) is 37.7. The summed E-state index contributed by atoms with van der Waals surface area (Å²) in [5, 5.41) is 0. The van der Waals surface area contributed by atoms with Gasteiger partial charge in [0.1, 0.15) is 0 Å². The minimum atomic E-state index is -9.26. The minimum absolute atomic E-state index is 0.0622. The van der Waals surface area contributed by atoms with E-state index in [0.717, 1.165) is 6.92 Å². The summed E-state index contributed by atoms with van der Waals surface area (Å²) in [6.07, 6.45) is -18.6. The van der Waals surface area contributed by atoms with Crippen molar-refractivity contribution in [2.24, 2.45) is 0 Å². The standard InChI is InChI=1S/C16H9F21O3/c1-4(2)6(38)39-5(3)40-16(36,37)14(31,32)12(27,28)10(23,24)8(19,20)7(17,18)9(21,22)11(25,26)13(29,30)15(33,34)35/h5H,1H2,2-3H3. The van der Waals surface area contributed by atoms with Gasteiger partial charge < -0.3 is 4.74 Å². The molecule has 0 aliphatic rings. The van der Waals surface area contributed by atoms with Crippen LogP contribution in [0.5, 0.6) is 0 Å². The molecule has 1 atom stereocenters. The molecular formula is C16H9F21O3. The van der Waals surface area contributed by atoms with Crippen LogP contribution in [0.4, 0.5) is 92.2 Å². The van der Waals surface area contributed by atoms with Crippen LogP contribution in [-0.2, 0) is 14.3 Å². The van der Waals surface area contributed by atoms with Gasteiger partial charge in [-0.15, -0.1) is 0 Å². The Kier molecular flexibility index (Phi) is 9.34. The van der Waals surface area contributed by atoms with Crippen molar-refractivity contribution >= 4 is 5.97 Å². The zero-order valence-electron chi connectivity index (χ0n) is 18.4. The van der Waals surface area contributed by atoms with Gasteiger partial charge in [0.15, 0.2) is 0 Å². The van der Waals surface area contributed by atoms with E-state index in [1.807, 2.05) is 0 Å². The van der Waals surface area contributed by atoms with Gasteiger partial charge in [-0.1, -0.05) is 6.58 Å². The van der Waals surface area contributed by atoms with Crippen LogP contribution in [-0.4, -0.2) is 71.9 Å². The van der Waals surface area contributed by atoms with Crippen LogP contribution in [0.15, 0.2) is 12.2 Å². The third-order valence-corrected chi connectivity index (χ3v) is 4.42. The summed E-state index contributed by atoms with van der Waals surface area (Å²) in [6.45, 7) is 3.44. The summed E-state index contributed by atoms with van der Waals surface area (Å²) in [6, 6.07) is 0. The van der Waals surface area contributed by atoms with E-state index in [9.17, 15) is 97.0 Å². The summed E-state index contributed by atoms with van der Waals surface area (Å²) in [5.74, 6) is -73.2. The molecule has 0 aliphatic heterocycles. The molecule has 24 heteroatoms. The molecular weight excluding hydrogens is 639 g/mol. The maximum absolute atomic E-state index is 13.7. The second-order valence-corrected chi connectivity index (χ2v) is 7.48. The maximum Gasteiger partial charge on any atom is 0.460 e. The van der Waals surface area contributed by atoms with Crippen molar-refractivity contribution in [1.82, 2.24) is 0 Å². The zero-order valence-corrected chi connectivity index (χ0v) is 18.4. The third kappa shape index (κ3) is 5.11. The van der Waals surface area contributed by atoms with E-state index in [1.165, 1.54) is 0 Å². The lowest BCUT2D eigenvalue weighted by atomic mass is 9.87. The highest BCUT2D eigenvalue weighted by Crippen LogP contribution is 2.66. The Morgan fingerprint density at radius 3 is 1.02 bits per heavy atom.